The molecular formula is C50H33NS. The minimum atomic E-state index is 1.12. The molecule has 1 heterocycles. The van der Waals surface area contributed by atoms with E-state index < -0.39 is 0 Å². The third-order valence-electron chi connectivity index (χ3n) is 10.3. The van der Waals surface area contributed by atoms with E-state index in [-0.39, 0.29) is 0 Å². The number of benzene rings is 9. The molecule has 1 nitrogen and oxygen atoms in total. The molecule has 9 aromatic carbocycles. The third-order valence-corrected chi connectivity index (χ3v) is 11.4. The van der Waals surface area contributed by atoms with Gasteiger partial charge in [-0.15, -0.1) is 11.3 Å². The lowest BCUT2D eigenvalue weighted by Gasteiger charge is -2.27. The van der Waals surface area contributed by atoms with Crippen molar-refractivity contribution in [1.29, 1.82) is 0 Å². The van der Waals surface area contributed by atoms with Gasteiger partial charge in [0, 0.05) is 31.5 Å². The van der Waals surface area contributed by atoms with E-state index in [9.17, 15) is 0 Å². The summed E-state index contributed by atoms with van der Waals surface area (Å²) in [7, 11) is 0. The van der Waals surface area contributed by atoms with E-state index in [2.05, 4.69) is 205 Å². The molecule has 244 valence electrons. The van der Waals surface area contributed by atoms with Crippen molar-refractivity contribution < 1.29 is 0 Å². The average Bonchev–Trinajstić information content (AvgIpc) is 3.60. The van der Waals surface area contributed by atoms with Gasteiger partial charge in [0.05, 0.1) is 5.69 Å². The summed E-state index contributed by atoms with van der Waals surface area (Å²) < 4.78 is 2.57. The van der Waals surface area contributed by atoms with Crippen LogP contribution in [0.2, 0.25) is 0 Å². The van der Waals surface area contributed by atoms with Crippen LogP contribution in [0, 0.1) is 0 Å². The second-order valence-electron chi connectivity index (χ2n) is 13.3. The number of hydrogen-bond donors (Lipinski definition) is 0. The van der Waals surface area contributed by atoms with Crippen LogP contribution >= 0.6 is 11.3 Å². The zero-order valence-corrected chi connectivity index (χ0v) is 29.2. The van der Waals surface area contributed by atoms with Crippen molar-refractivity contribution in [3.8, 4) is 33.4 Å². The Morgan fingerprint density at radius 2 is 0.923 bits per heavy atom. The van der Waals surface area contributed by atoms with Crippen LogP contribution in [0.25, 0.3) is 75.1 Å². The maximum Gasteiger partial charge on any atom is 0.0554 e. The highest BCUT2D eigenvalue weighted by atomic mass is 32.1. The van der Waals surface area contributed by atoms with Gasteiger partial charge in [-0.3, -0.25) is 0 Å². The van der Waals surface area contributed by atoms with Crippen LogP contribution in [-0.4, -0.2) is 0 Å². The topological polar surface area (TPSA) is 3.24 Å². The molecule has 0 bridgehead atoms. The van der Waals surface area contributed by atoms with Gasteiger partial charge in [0.25, 0.3) is 0 Å². The number of fused-ring (bicyclic) bond motifs is 5. The summed E-state index contributed by atoms with van der Waals surface area (Å²) in [6, 6.07) is 72.9. The van der Waals surface area contributed by atoms with E-state index >= 15 is 0 Å². The standard InChI is InChI=1S/C50H33NS/c1-2-10-34(11-3-1)41-26-31-46-49(33-41)52-48-19-9-18-47(50(46)48)51(42-27-22-36(23-28-42)40-21-20-35-12-4-5-14-39(35)32-40)43-29-24-38(25-30-43)45-17-8-15-37-13-6-7-16-44(37)45/h1-33H. The normalized spacial score (nSPS) is 11.5. The second-order valence-corrected chi connectivity index (χ2v) is 14.4. The van der Waals surface area contributed by atoms with Gasteiger partial charge in [-0.05, 0) is 103 Å². The van der Waals surface area contributed by atoms with Crippen molar-refractivity contribution in [2.45, 2.75) is 0 Å². The molecule has 52 heavy (non-hydrogen) atoms. The van der Waals surface area contributed by atoms with Gasteiger partial charge in [0.1, 0.15) is 0 Å². The SMILES string of the molecule is c1ccc(-c2ccc3c(c2)sc2cccc(N(c4ccc(-c5ccc6ccccc6c5)cc4)c4ccc(-c5cccc6ccccc56)cc4)c23)cc1. The van der Waals surface area contributed by atoms with Gasteiger partial charge in [0.2, 0.25) is 0 Å². The molecule has 0 saturated carbocycles. The number of hydrogen-bond acceptors (Lipinski definition) is 2. The van der Waals surface area contributed by atoms with Crippen molar-refractivity contribution in [3.63, 3.8) is 0 Å². The Bertz CT molecular complexity index is 2880. The first-order valence-electron chi connectivity index (χ1n) is 17.8. The highest BCUT2D eigenvalue weighted by Gasteiger charge is 2.19. The van der Waals surface area contributed by atoms with Gasteiger partial charge in [-0.1, -0.05) is 152 Å². The first-order chi connectivity index (χ1) is 25.8. The van der Waals surface area contributed by atoms with Crippen LogP contribution in [0.15, 0.2) is 200 Å². The zero-order valence-electron chi connectivity index (χ0n) is 28.4. The number of rotatable bonds is 6. The summed E-state index contributed by atoms with van der Waals surface area (Å²) in [4.78, 5) is 2.43. The predicted octanol–water partition coefficient (Wildman–Crippen LogP) is 14.8. The van der Waals surface area contributed by atoms with Crippen LogP contribution in [0.3, 0.4) is 0 Å². The minimum absolute atomic E-state index is 1.12. The Kier molecular flexibility index (Phi) is 7.41. The highest BCUT2D eigenvalue weighted by Crippen LogP contribution is 2.46. The molecule has 0 amide bonds. The Morgan fingerprint density at radius 1 is 0.327 bits per heavy atom. The summed E-state index contributed by atoms with van der Waals surface area (Å²) in [5.41, 5.74) is 10.8. The third kappa shape index (κ3) is 5.33. The van der Waals surface area contributed by atoms with E-state index in [4.69, 9.17) is 0 Å². The molecule has 10 aromatic rings. The molecule has 0 radical (unpaired) electrons. The Balaban J connectivity index is 1.12. The number of nitrogens with zero attached hydrogens (tertiary/aromatic N) is 1. The molecule has 0 aliphatic rings. The van der Waals surface area contributed by atoms with E-state index in [0.717, 1.165) is 11.4 Å². The van der Waals surface area contributed by atoms with Gasteiger partial charge in [-0.25, -0.2) is 0 Å². The first kappa shape index (κ1) is 30.4. The molecule has 0 atom stereocenters. The van der Waals surface area contributed by atoms with Crippen molar-refractivity contribution in [2.75, 3.05) is 4.90 Å². The molecule has 0 spiro atoms. The van der Waals surface area contributed by atoms with Crippen molar-refractivity contribution >= 4 is 70.1 Å². The lowest BCUT2D eigenvalue weighted by molar-refractivity contribution is 1.30. The minimum Gasteiger partial charge on any atom is -0.310 e. The fourth-order valence-electron chi connectivity index (χ4n) is 7.67. The molecule has 0 aliphatic heterocycles. The highest BCUT2D eigenvalue weighted by molar-refractivity contribution is 7.26. The predicted molar refractivity (Wildman–Crippen MR) is 225 cm³/mol. The fraction of sp³-hybridized carbons (Fsp3) is 0. The molecule has 1 aromatic heterocycles. The van der Waals surface area contributed by atoms with Crippen LogP contribution < -0.4 is 4.90 Å². The van der Waals surface area contributed by atoms with Gasteiger partial charge < -0.3 is 4.90 Å². The Labute approximate surface area is 307 Å². The average molecular weight is 680 g/mol. The first-order valence-corrected chi connectivity index (χ1v) is 18.6. The molecule has 10 rings (SSSR count). The Morgan fingerprint density at radius 3 is 1.73 bits per heavy atom. The molecule has 0 unspecified atom stereocenters. The molecule has 2 heteroatoms. The number of anilines is 3. The van der Waals surface area contributed by atoms with Crippen LogP contribution in [0.4, 0.5) is 17.1 Å². The lowest BCUT2D eigenvalue weighted by atomic mass is 9.98. The Hall–Kier alpha value is -6.48. The second kappa shape index (κ2) is 12.7. The van der Waals surface area contributed by atoms with Crippen LogP contribution in [0.5, 0.6) is 0 Å². The monoisotopic (exact) mass is 679 g/mol. The maximum atomic E-state index is 2.43. The van der Waals surface area contributed by atoms with E-state index in [1.807, 2.05) is 11.3 Å². The van der Waals surface area contributed by atoms with Gasteiger partial charge in [-0.2, -0.15) is 0 Å². The molecule has 0 aliphatic carbocycles. The van der Waals surface area contributed by atoms with Crippen molar-refractivity contribution in [3.05, 3.63) is 200 Å². The largest absolute Gasteiger partial charge is 0.310 e. The molecule has 0 saturated heterocycles. The summed E-state index contributed by atoms with van der Waals surface area (Å²) in [6.45, 7) is 0. The summed E-state index contributed by atoms with van der Waals surface area (Å²) in [6.07, 6.45) is 0. The molecule has 0 fully saturated rings. The fourth-order valence-corrected chi connectivity index (χ4v) is 8.84. The zero-order chi connectivity index (χ0) is 34.4. The molecule has 0 N–H and O–H groups in total. The van der Waals surface area contributed by atoms with Gasteiger partial charge >= 0.3 is 0 Å². The quantitative estimate of drug-likeness (QED) is 0.169. The summed E-state index contributed by atoms with van der Waals surface area (Å²) in [5.74, 6) is 0. The van der Waals surface area contributed by atoms with Crippen molar-refractivity contribution in [1.82, 2.24) is 0 Å². The van der Waals surface area contributed by atoms with E-state index in [1.165, 1.54) is 80.8 Å². The molecular weight excluding hydrogens is 647 g/mol. The van der Waals surface area contributed by atoms with Crippen LogP contribution in [-0.2, 0) is 0 Å². The summed E-state index contributed by atoms with van der Waals surface area (Å²) >= 11 is 1.87. The summed E-state index contributed by atoms with van der Waals surface area (Å²) in [5, 5.41) is 7.59. The van der Waals surface area contributed by atoms with E-state index in [0.29, 0.717) is 0 Å². The maximum absolute atomic E-state index is 2.43. The smallest absolute Gasteiger partial charge is 0.0554 e. The van der Waals surface area contributed by atoms with Crippen molar-refractivity contribution in [2.24, 2.45) is 0 Å². The van der Waals surface area contributed by atoms with Crippen LogP contribution in [0.1, 0.15) is 0 Å². The van der Waals surface area contributed by atoms with Gasteiger partial charge in [0.15, 0.2) is 0 Å². The van der Waals surface area contributed by atoms with E-state index in [1.54, 1.807) is 0 Å². The number of thiophene rings is 1. The lowest BCUT2D eigenvalue weighted by Crippen LogP contribution is -2.10.